The molecule has 0 N–H and O–H groups in total. The zero-order valence-corrected chi connectivity index (χ0v) is 10.8. The minimum absolute atomic E-state index is 0.437. The molecule has 3 aromatic rings. The van der Waals surface area contributed by atoms with E-state index in [1.807, 2.05) is 30.3 Å². The van der Waals surface area contributed by atoms with Crippen molar-refractivity contribution >= 4 is 56.3 Å². The molecule has 0 fully saturated rings. The van der Waals surface area contributed by atoms with Crippen molar-refractivity contribution in [2.24, 2.45) is 0 Å². The Hall–Kier alpha value is -0.950. The van der Waals surface area contributed by atoms with Crippen LogP contribution in [0.4, 0.5) is 0 Å². The van der Waals surface area contributed by atoms with Gasteiger partial charge in [-0.3, -0.25) is 0 Å². The van der Waals surface area contributed by atoms with Gasteiger partial charge in [0, 0.05) is 17.2 Å². The molecule has 0 nitrogen and oxygen atoms in total. The molecular weight excluding hydrogens is 275 g/mol. The van der Waals surface area contributed by atoms with Crippen molar-refractivity contribution in [3.63, 3.8) is 0 Å². The number of benzene rings is 3. The second-order valence-electron chi connectivity index (χ2n) is 3.78. The average molecular weight is 280 g/mol. The van der Waals surface area contributed by atoms with E-state index in [9.17, 15) is 0 Å². The van der Waals surface area contributed by atoms with Crippen LogP contribution in [0.5, 0.6) is 0 Å². The summed E-state index contributed by atoms with van der Waals surface area (Å²) in [5.74, 6) is 0. The van der Waals surface area contributed by atoms with Crippen LogP contribution in [0.15, 0.2) is 30.3 Å². The monoisotopic (exact) mass is 278 g/mol. The van der Waals surface area contributed by atoms with Gasteiger partial charge < -0.3 is 0 Å². The Bertz CT molecular complexity index is 732. The summed E-state index contributed by atoms with van der Waals surface area (Å²) in [6.45, 7) is 0. The van der Waals surface area contributed by atoms with Gasteiger partial charge >= 0.3 is 0 Å². The van der Waals surface area contributed by atoms with Gasteiger partial charge in [-0.05, 0) is 51.9 Å². The Balaban J connectivity index is 2.43. The molecule has 0 amide bonds. The van der Waals surface area contributed by atoms with Gasteiger partial charge in [0.15, 0.2) is 0 Å². The lowest BCUT2D eigenvalue weighted by Crippen LogP contribution is -1.79. The lowest BCUT2D eigenvalue weighted by atomic mass is 10.0. The first-order chi connectivity index (χ1) is 8.13. The SMILES string of the molecule is Clc1[c]cc2cc3cc(Cl)c(Cl)[c]c3cc2c1. The molecule has 0 aliphatic rings. The lowest BCUT2D eigenvalue weighted by molar-refractivity contribution is 1.74. The van der Waals surface area contributed by atoms with Crippen LogP contribution < -0.4 is 0 Å². The van der Waals surface area contributed by atoms with Crippen LogP contribution in [0.1, 0.15) is 0 Å². The van der Waals surface area contributed by atoms with Crippen LogP contribution >= 0.6 is 34.8 Å². The third-order valence-electron chi connectivity index (χ3n) is 2.64. The van der Waals surface area contributed by atoms with Crippen molar-refractivity contribution in [2.75, 3.05) is 0 Å². The largest absolute Gasteiger partial charge is 0.0836 e. The highest BCUT2D eigenvalue weighted by atomic mass is 35.5. The van der Waals surface area contributed by atoms with Crippen molar-refractivity contribution < 1.29 is 0 Å². The van der Waals surface area contributed by atoms with Crippen LogP contribution in [-0.2, 0) is 0 Å². The van der Waals surface area contributed by atoms with Crippen molar-refractivity contribution in [1.82, 2.24) is 0 Å². The second-order valence-corrected chi connectivity index (χ2v) is 4.97. The third-order valence-corrected chi connectivity index (χ3v) is 3.55. The normalized spacial score (nSPS) is 11.2. The summed E-state index contributed by atoms with van der Waals surface area (Å²) in [6, 6.07) is 15.6. The molecule has 3 rings (SSSR count). The molecule has 0 saturated carbocycles. The number of halogens is 3. The Morgan fingerprint density at radius 1 is 0.824 bits per heavy atom. The molecule has 82 valence electrons. The molecule has 0 aliphatic heterocycles. The molecule has 2 radical (unpaired) electrons. The highest BCUT2D eigenvalue weighted by Gasteiger charge is 2.04. The minimum Gasteiger partial charge on any atom is -0.0836 e. The topological polar surface area (TPSA) is 0 Å². The van der Waals surface area contributed by atoms with Crippen molar-refractivity contribution in [3.8, 4) is 0 Å². The van der Waals surface area contributed by atoms with Crippen LogP contribution in [0.3, 0.4) is 0 Å². The average Bonchev–Trinajstić information content (AvgIpc) is 2.28. The molecule has 3 aromatic carbocycles. The fourth-order valence-electron chi connectivity index (χ4n) is 1.83. The van der Waals surface area contributed by atoms with E-state index in [1.54, 1.807) is 0 Å². The Labute approximate surface area is 114 Å². The number of rotatable bonds is 0. The molecular formula is C14H5Cl3. The summed E-state index contributed by atoms with van der Waals surface area (Å²) in [4.78, 5) is 0. The zero-order chi connectivity index (χ0) is 12.0. The van der Waals surface area contributed by atoms with E-state index < -0.39 is 0 Å². The van der Waals surface area contributed by atoms with E-state index in [4.69, 9.17) is 34.8 Å². The van der Waals surface area contributed by atoms with Crippen LogP contribution in [0, 0.1) is 12.1 Å². The quantitative estimate of drug-likeness (QED) is 0.473. The van der Waals surface area contributed by atoms with Crippen LogP contribution in [-0.4, -0.2) is 0 Å². The molecule has 0 aromatic heterocycles. The molecule has 0 spiro atoms. The Kier molecular flexibility index (Phi) is 2.67. The molecule has 0 bridgehead atoms. The van der Waals surface area contributed by atoms with E-state index in [2.05, 4.69) is 12.1 Å². The zero-order valence-electron chi connectivity index (χ0n) is 8.52. The summed E-state index contributed by atoms with van der Waals surface area (Å²) in [7, 11) is 0. The highest BCUT2D eigenvalue weighted by Crippen LogP contribution is 2.30. The van der Waals surface area contributed by atoms with Crippen LogP contribution in [0.25, 0.3) is 21.5 Å². The lowest BCUT2D eigenvalue weighted by Gasteiger charge is -2.04. The van der Waals surface area contributed by atoms with Gasteiger partial charge in [0.25, 0.3) is 0 Å². The van der Waals surface area contributed by atoms with Crippen molar-refractivity contribution in [2.45, 2.75) is 0 Å². The van der Waals surface area contributed by atoms with E-state index in [0.29, 0.717) is 15.1 Å². The molecule has 17 heavy (non-hydrogen) atoms. The van der Waals surface area contributed by atoms with E-state index in [-0.39, 0.29) is 0 Å². The third kappa shape index (κ3) is 1.97. The van der Waals surface area contributed by atoms with Gasteiger partial charge in [-0.25, -0.2) is 0 Å². The fraction of sp³-hybridized carbons (Fsp3) is 0. The van der Waals surface area contributed by atoms with Crippen molar-refractivity contribution in [3.05, 3.63) is 57.5 Å². The maximum atomic E-state index is 5.97. The maximum absolute atomic E-state index is 5.97. The molecule has 0 aliphatic carbocycles. The predicted molar refractivity (Wildman–Crippen MR) is 74.2 cm³/mol. The minimum atomic E-state index is 0.437. The van der Waals surface area contributed by atoms with E-state index >= 15 is 0 Å². The predicted octanol–water partition coefficient (Wildman–Crippen LogP) is 5.55. The van der Waals surface area contributed by atoms with E-state index in [1.165, 1.54) is 0 Å². The maximum Gasteiger partial charge on any atom is 0.0677 e. The molecule has 0 heterocycles. The molecule has 0 saturated heterocycles. The highest BCUT2D eigenvalue weighted by molar-refractivity contribution is 6.42. The van der Waals surface area contributed by atoms with E-state index in [0.717, 1.165) is 21.5 Å². The summed E-state index contributed by atoms with van der Waals surface area (Å²) < 4.78 is 0. The first-order valence-corrected chi connectivity index (χ1v) is 6.09. The first kappa shape index (κ1) is 11.2. The molecule has 3 heteroatoms. The summed E-state index contributed by atoms with van der Waals surface area (Å²) >= 11 is 17.8. The second kappa shape index (κ2) is 4.06. The van der Waals surface area contributed by atoms with Gasteiger partial charge in [0.2, 0.25) is 0 Å². The molecule has 0 atom stereocenters. The van der Waals surface area contributed by atoms with Gasteiger partial charge in [-0.2, -0.15) is 0 Å². The summed E-state index contributed by atoms with van der Waals surface area (Å²) in [5, 5.41) is 5.57. The Morgan fingerprint density at radius 2 is 1.65 bits per heavy atom. The molecule has 0 unspecified atom stereocenters. The van der Waals surface area contributed by atoms with Gasteiger partial charge in [0.05, 0.1) is 10.0 Å². The van der Waals surface area contributed by atoms with Gasteiger partial charge in [0.1, 0.15) is 0 Å². The number of fused-ring (bicyclic) bond motifs is 2. The first-order valence-electron chi connectivity index (χ1n) is 4.95. The smallest absolute Gasteiger partial charge is 0.0677 e. The Morgan fingerprint density at radius 3 is 2.47 bits per heavy atom. The van der Waals surface area contributed by atoms with Gasteiger partial charge in [-0.15, -0.1) is 0 Å². The summed E-state index contributed by atoms with van der Waals surface area (Å²) in [6.07, 6.45) is 0. The van der Waals surface area contributed by atoms with Crippen LogP contribution in [0.2, 0.25) is 15.1 Å². The summed E-state index contributed by atoms with van der Waals surface area (Å²) in [5.41, 5.74) is 0. The fourth-order valence-corrected chi connectivity index (χ4v) is 2.32. The number of hydrogen-bond acceptors (Lipinski definition) is 0. The standard InChI is InChI=1S/C14H5Cl3/c15-12-2-1-8-3-10-6-13(16)14(17)7-11(10)4-9(8)5-12/h1,3-6H. The van der Waals surface area contributed by atoms with Gasteiger partial charge in [-0.1, -0.05) is 34.8 Å². The number of hydrogen-bond donors (Lipinski definition) is 0. The van der Waals surface area contributed by atoms with Crippen molar-refractivity contribution in [1.29, 1.82) is 0 Å².